The van der Waals surface area contributed by atoms with Crippen molar-refractivity contribution in [1.29, 1.82) is 0 Å². The summed E-state index contributed by atoms with van der Waals surface area (Å²) in [6.45, 7) is 4.29. The molecule has 0 unspecified atom stereocenters. The first-order valence-electron chi connectivity index (χ1n) is 14.2. The summed E-state index contributed by atoms with van der Waals surface area (Å²) in [7, 11) is 0. The average molecular weight is 616 g/mol. The van der Waals surface area contributed by atoms with Gasteiger partial charge in [0, 0.05) is 19.0 Å². The fourth-order valence-corrected chi connectivity index (χ4v) is 5.13. The summed E-state index contributed by atoms with van der Waals surface area (Å²) in [5.41, 5.74) is 4.12. The van der Waals surface area contributed by atoms with Crippen molar-refractivity contribution in [2.24, 2.45) is 0 Å². The lowest BCUT2D eigenvalue weighted by Crippen LogP contribution is -2.42. The lowest BCUT2D eigenvalue weighted by molar-refractivity contribution is -0.144. The topological polar surface area (TPSA) is 178 Å². The minimum absolute atomic E-state index is 0.0352. The monoisotopic (exact) mass is 615 g/mol. The van der Waals surface area contributed by atoms with E-state index in [4.69, 9.17) is 9.47 Å². The van der Waals surface area contributed by atoms with Gasteiger partial charge in [0.15, 0.2) is 17.0 Å². The van der Waals surface area contributed by atoms with Crippen molar-refractivity contribution in [1.82, 2.24) is 29.7 Å². The molecule has 0 aliphatic heterocycles. The number of carbonyl (C=O) groups excluding carboxylic acids is 3. The van der Waals surface area contributed by atoms with Crippen LogP contribution < -0.4 is 10.6 Å². The van der Waals surface area contributed by atoms with Crippen LogP contribution in [0.4, 0.5) is 15.4 Å². The highest BCUT2D eigenvalue weighted by molar-refractivity contribution is 5.94. The molecular weight excluding hydrogens is 582 g/mol. The predicted octanol–water partition coefficient (Wildman–Crippen LogP) is 3.63. The minimum Gasteiger partial charge on any atom is -0.480 e. The van der Waals surface area contributed by atoms with Crippen LogP contribution >= 0.6 is 0 Å². The lowest BCUT2D eigenvalue weighted by Gasteiger charge is -2.21. The highest BCUT2D eigenvalue weighted by atomic mass is 16.6. The molecule has 3 N–H and O–H groups in total. The number of aliphatic carboxylic acids is 1. The van der Waals surface area contributed by atoms with E-state index in [1.807, 2.05) is 48.5 Å². The number of alkyl carbamates (subject to hydrolysis) is 1. The van der Waals surface area contributed by atoms with Crippen molar-refractivity contribution in [2.45, 2.75) is 38.8 Å². The number of carboxylic acid groups (broad SMARTS) is 1. The zero-order valence-corrected chi connectivity index (χ0v) is 25.0. The molecule has 2 heterocycles. The van der Waals surface area contributed by atoms with E-state index in [0.717, 1.165) is 27.2 Å². The number of nitrogens with zero attached hydrogens (tertiary/aromatic N) is 5. The summed E-state index contributed by atoms with van der Waals surface area (Å²) in [4.78, 5) is 63.0. The maximum absolute atomic E-state index is 13.2. The maximum atomic E-state index is 13.2. The molecule has 45 heavy (non-hydrogen) atoms. The number of aromatic nitrogens is 4. The van der Waals surface area contributed by atoms with E-state index in [2.05, 4.69) is 25.6 Å². The van der Waals surface area contributed by atoms with E-state index in [1.54, 1.807) is 20.8 Å². The van der Waals surface area contributed by atoms with Gasteiger partial charge in [-0.1, -0.05) is 48.5 Å². The van der Waals surface area contributed by atoms with Crippen molar-refractivity contribution in [3.63, 3.8) is 0 Å². The number of nitrogens with one attached hydrogen (secondary N) is 2. The van der Waals surface area contributed by atoms with Crippen LogP contribution in [0.2, 0.25) is 0 Å². The molecular formula is C31H33N7O7. The number of rotatable bonds is 10. The molecule has 0 atom stereocenters. The van der Waals surface area contributed by atoms with E-state index >= 15 is 0 Å². The third-order valence-corrected chi connectivity index (χ3v) is 7.00. The quantitative estimate of drug-likeness (QED) is 0.239. The van der Waals surface area contributed by atoms with Gasteiger partial charge in [-0.3, -0.25) is 14.9 Å². The van der Waals surface area contributed by atoms with Crippen LogP contribution in [-0.4, -0.2) is 85.4 Å². The molecule has 0 radical (unpaired) electrons. The van der Waals surface area contributed by atoms with Crippen LogP contribution in [0.1, 0.15) is 37.8 Å². The number of anilines is 1. The van der Waals surface area contributed by atoms with Crippen LogP contribution in [-0.2, 0) is 25.6 Å². The molecule has 1 aliphatic carbocycles. The Bertz CT molecular complexity index is 1700. The molecule has 14 nitrogen and oxygen atoms in total. The van der Waals surface area contributed by atoms with E-state index in [-0.39, 0.29) is 49.1 Å². The van der Waals surface area contributed by atoms with Crippen LogP contribution in [0.15, 0.2) is 61.2 Å². The number of amides is 3. The number of fused-ring (bicyclic) bond motifs is 4. The Morgan fingerprint density at radius 1 is 0.956 bits per heavy atom. The fraction of sp³-hybridized carbons (Fsp3) is 0.323. The van der Waals surface area contributed by atoms with E-state index in [0.29, 0.717) is 0 Å². The Hall–Kier alpha value is -5.53. The van der Waals surface area contributed by atoms with Gasteiger partial charge >= 0.3 is 18.2 Å². The molecule has 234 valence electrons. The van der Waals surface area contributed by atoms with Gasteiger partial charge in [-0.25, -0.2) is 24.5 Å². The summed E-state index contributed by atoms with van der Waals surface area (Å²) in [6, 6.07) is 16.0. The van der Waals surface area contributed by atoms with Crippen molar-refractivity contribution in [2.75, 3.05) is 31.6 Å². The second kappa shape index (κ2) is 13.0. The first-order chi connectivity index (χ1) is 21.5. The zero-order valence-electron chi connectivity index (χ0n) is 25.0. The van der Waals surface area contributed by atoms with Gasteiger partial charge in [0.1, 0.15) is 31.6 Å². The van der Waals surface area contributed by atoms with Crippen molar-refractivity contribution in [3.8, 4) is 11.1 Å². The molecule has 5 rings (SSSR count). The summed E-state index contributed by atoms with van der Waals surface area (Å²) in [6.07, 6.45) is 1.13. The second-order valence-corrected chi connectivity index (χ2v) is 11.4. The summed E-state index contributed by atoms with van der Waals surface area (Å²) in [5, 5.41) is 14.5. The molecule has 0 saturated carbocycles. The Balaban J connectivity index is 1.17. The second-order valence-electron chi connectivity index (χ2n) is 11.4. The van der Waals surface area contributed by atoms with Gasteiger partial charge in [-0.15, -0.1) is 0 Å². The molecule has 4 aromatic rings. The highest BCUT2D eigenvalue weighted by Crippen LogP contribution is 2.44. The van der Waals surface area contributed by atoms with Gasteiger partial charge in [0.2, 0.25) is 5.91 Å². The van der Waals surface area contributed by atoms with Crippen molar-refractivity contribution >= 4 is 41.0 Å². The first kappa shape index (κ1) is 30.9. The van der Waals surface area contributed by atoms with Crippen LogP contribution in [0.25, 0.3) is 22.3 Å². The molecule has 0 bridgehead atoms. The SMILES string of the molecule is CC(C)(C)OC(=O)Nc1ncnc2c1ncn2CC(=O)N(CCNC(=O)OCC1c2ccccc2-c2ccccc21)CC(=O)O. The van der Waals surface area contributed by atoms with E-state index in [9.17, 15) is 24.3 Å². The number of hydrogen-bond acceptors (Lipinski definition) is 9. The van der Waals surface area contributed by atoms with E-state index < -0.39 is 36.2 Å². The molecule has 1 aliphatic rings. The predicted molar refractivity (Wildman–Crippen MR) is 162 cm³/mol. The number of carboxylic acids is 1. The standard InChI is InChI=1S/C31H33N7O7/c1-31(2,3)45-30(43)36-27-26-28(34-17-33-27)38(18-35-26)14-24(39)37(15-25(40)41)13-12-32-29(42)44-16-23-21-10-6-4-8-19(21)20-9-5-7-11-22(20)23/h4-11,17-18,23H,12-16H2,1-3H3,(H,32,42)(H,40,41)(H,33,34,36,43). The van der Waals surface area contributed by atoms with Crippen molar-refractivity contribution in [3.05, 3.63) is 72.3 Å². The average Bonchev–Trinajstić information content (AvgIpc) is 3.54. The number of carbonyl (C=O) groups is 4. The van der Waals surface area contributed by atoms with E-state index in [1.165, 1.54) is 17.2 Å². The minimum atomic E-state index is -1.22. The Kier molecular flexibility index (Phi) is 8.93. The number of hydrogen-bond donors (Lipinski definition) is 3. The third kappa shape index (κ3) is 7.34. The van der Waals surface area contributed by atoms with Gasteiger partial charge < -0.3 is 29.4 Å². The van der Waals surface area contributed by atoms with Crippen LogP contribution in [0.3, 0.4) is 0 Å². The Labute approximate surface area is 258 Å². The number of ether oxygens (including phenoxy) is 2. The molecule has 2 aromatic heterocycles. The Morgan fingerprint density at radius 2 is 1.62 bits per heavy atom. The number of imidazole rings is 1. The smallest absolute Gasteiger partial charge is 0.413 e. The summed E-state index contributed by atoms with van der Waals surface area (Å²) >= 11 is 0. The largest absolute Gasteiger partial charge is 0.480 e. The molecule has 0 fully saturated rings. The summed E-state index contributed by atoms with van der Waals surface area (Å²) < 4.78 is 12.2. The molecule has 3 amide bonds. The van der Waals surface area contributed by atoms with Crippen molar-refractivity contribution < 1.29 is 33.8 Å². The number of benzene rings is 2. The highest BCUT2D eigenvalue weighted by Gasteiger charge is 2.29. The maximum Gasteiger partial charge on any atom is 0.413 e. The van der Waals surface area contributed by atoms with Gasteiger partial charge in [0.05, 0.1) is 6.33 Å². The summed E-state index contributed by atoms with van der Waals surface area (Å²) in [5.74, 6) is -1.78. The van der Waals surface area contributed by atoms with Crippen LogP contribution in [0, 0.1) is 0 Å². The van der Waals surface area contributed by atoms with Gasteiger partial charge in [-0.05, 0) is 43.0 Å². The molecule has 2 aromatic carbocycles. The van der Waals surface area contributed by atoms with Gasteiger partial charge in [-0.2, -0.15) is 0 Å². The molecule has 14 heteroatoms. The first-order valence-corrected chi connectivity index (χ1v) is 14.2. The normalized spacial score (nSPS) is 12.2. The molecule has 0 saturated heterocycles. The zero-order chi connectivity index (χ0) is 32.1. The van der Waals surface area contributed by atoms with Crippen LogP contribution in [0.5, 0.6) is 0 Å². The lowest BCUT2D eigenvalue weighted by atomic mass is 9.98. The third-order valence-electron chi connectivity index (χ3n) is 7.00. The fourth-order valence-electron chi connectivity index (χ4n) is 5.13. The Morgan fingerprint density at radius 3 is 2.27 bits per heavy atom. The van der Waals surface area contributed by atoms with Gasteiger partial charge in [0.25, 0.3) is 0 Å². The molecule has 0 spiro atoms.